The van der Waals surface area contributed by atoms with E-state index in [0.717, 1.165) is 24.8 Å². The highest BCUT2D eigenvalue weighted by atomic mass is 16.2. The number of imidazole rings is 1. The minimum Gasteiger partial charge on any atom is -0.348 e. The fraction of sp³-hybridized carbons (Fsp3) is 0.278. The summed E-state index contributed by atoms with van der Waals surface area (Å²) in [6, 6.07) is 9.02. The first-order valence-electron chi connectivity index (χ1n) is 8.14. The molecule has 1 amide bonds. The zero-order valence-corrected chi connectivity index (χ0v) is 13.2. The Hall–Kier alpha value is -2.73. The Labute approximate surface area is 139 Å². The summed E-state index contributed by atoms with van der Waals surface area (Å²) < 4.78 is 0. The molecule has 3 aromatic rings. The van der Waals surface area contributed by atoms with Gasteiger partial charge in [-0.3, -0.25) is 9.78 Å². The highest BCUT2D eigenvalue weighted by Gasteiger charge is 2.30. The summed E-state index contributed by atoms with van der Waals surface area (Å²) in [5.74, 6) is -0.0856. The van der Waals surface area contributed by atoms with Crippen molar-refractivity contribution in [1.82, 2.24) is 25.6 Å². The molecule has 4 rings (SSSR count). The predicted molar refractivity (Wildman–Crippen MR) is 91.4 cm³/mol. The molecule has 1 saturated carbocycles. The summed E-state index contributed by atoms with van der Waals surface area (Å²) in [4.78, 5) is 22.8. The molecule has 6 nitrogen and oxygen atoms in total. The van der Waals surface area contributed by atoms with Crippen LogP contribution in [-0.2, 0) is 6.54 Å². The van der Waals surface area contributed by atoms with Crippen LogP contribution in [-0.4, -0.2) is 32.9 Å². The van der Waals surface area contributed by atoms with Gasteiger partial charge < -0.3 is 15.6 Å². The van der Waals surface area contributed by atoms with E-state index in [1.807, 2.05) is 12.4 Å². The average Bonchev–Trinajstić information content (AvgIpc) is 3.11. The largest absolute Gasteiger partial charge is 0.348 e. The van der Waals surface area contributed by atoms with Crippen LogP contribution in [0.2, 0.25) is 0 Å². The SMILES string of the molecule is O=C(NC1CC(NCc2cccc3cnccc23)C1)c1cnc[nH]1. The number of benzene rings is 1. The number of pyridine rings is 1. The molecular formula is C18H19N5O. The molecule has 122 valence electrons. The van der Waals surface area contributed by atoms with E-state index in [4.69, 9.17) is 0 Å². The van der Waals surface area contributed by atoms with Gasteiger partial charge in [0.05, 0.1) is 12.5 Å². The second-order valence-electron chi connectivity index (χ2n) is 6.20. The van der Waals surface area contributed by atoms with E-state index in [-0.39, 0.29) is 11.9 Å². The lowest BCUT2D eigenvalue weighted by Gasteiger charge is -2.36. The molecule has 6 heteroatoms. The molecule has 2 aromatic heterocycles. The zero-order chi connectivity index (χ0) is 16.4. The zero-order valence-electron chi connectivity index (χ0n) is 13.2. The molecule has 0 radical (unpaired) electrons. The summed E-state index contributed by atoms with van der Waals surface area (Å²) >= 11 is 0. The van der Waals surface area contributed by atoms with Gasteiger partial charge in [-0.25, -0.2) is 4.98 Å². The fourth-order valence-corrected chi connectivity index (χ4v) is 3.14. The van der Waals surface area contributed by atoms with Crippen molar-refractivity contribution in [3.8, 4) is 0 Å². The van der Waals surface area contributed by atoms with Gasteiger partial charge in [-0.05, 0) is 29.9 Å². The van der Waals surface area contributed by atoms with E-state index in [9.17, 15) is 4.79 Å². The van der Waals surface area contributed by atoms with E-state index < -0.39 is 0 Å². The first-order valence-corrected chi connectivity index (χ1v) is 8.14. The maximum absolute atomic E-state index is 11.9. The van der Waals surface area contributed by atoms with Crippen LogP contribution < -0.4 is 10.6 Å². The number of carbonyl (C=O) groups is 1. The number of rotatable bonds is 5. The molecule has 1 aliphatic carbocycles. The summed E-state index contributed by atoms with van der Waals surface area (Å²) in [5.41, 5.74) is 1.79. The summed E-state index contributed by atoms with van der Waals surface area (Å²) in [6.45, 7) is 0.827. The van der Waals surface area contributed by atoms with Crippen molar-refractivity contribution in [2.24, 2.45) is 0 Å². The second-order valence-corrected chi connectivity index (χ2v) is 6.20. The standard InChI is InChI=1S/C18H19N5O/c24-18(17-10-20-11-22-17)23-15-6-14(7-15)21-9-13-3-1-2-12-8-19-5-4-16(12)13/h1-5,8,10-11,14-15,21H,6-7,9H2,(H,20,22)(H,23,24). The number of amides is 1. The van der Waals surface area contributed by atoms with E-state index >= 15 is 0 Å². The monoisotopic (exact) mass is 321 g/mol. The van der Waals surface area contributed by atoms with E-state index in [2.05, 4.69) is 49.9 Å². The van der Waals surface area contributed by atoms with Crippen molar-refractivity contribution in [2.45, 2.75) is 31.5 Å². The Kier molecular flexibility index (Phi) is 3.96. The number of aromatic amines is 1. The van der Waals surface area contributed by atoms with Crippen molar-refractivity contribution in [3.05, 3.63) is 60.4 Å². The number of fused-ring (bicyclic) bond motifs is 1. The Morgan fingerprint density at radius 1 is 1.17 bits per heavy atom. The van der Waals surface area contributed by atoms with Gasteiger partial charge in [0.15, 0.2) is 0 Å². The summed E-state index contributed by atoms with van der Waals surface area (Å²) in [7, 11) is 0. The number of hydrogen-bond donors (Lipinski definition) is 3. The topological polar surface area (TPSA) is 82.7 Å². The van der Waals surface area contributed by atoms with Crippen LogP contribution in [0.4, 0.5) is 0 Å². The Morgan fingerprint density at radius 2 is 2.08 bits per heavy atom. The molecule has 0 atom stereocenters. The van der Waals surface area contributed by atoms with Gasteiger partial charge in [-0.2, -0.15) is 0 Å². The maximum atomic E-state index is 11.9. The average molecular weight is 321 g/mol. The third kappa shape index (κ3) is 3.00. The van der Waals surface area contributed by atoms with Crippen LogP contribution >= 0.6 is 0 Å². The second kappa shape index (κ2) is 6.41. The molecule has 1 aromatic carbocycles. The van der Waals surface area contributed by atoms with Gasteiger partial charge in [0, 0.05) is 36.4 Å². The number of nitrogens with zero attached hydrogens (tertiary/aromatic N) is 2. The number of H-pyrrole nitrogens is 1. The van der Waals surface area contributed by atoms with Crippen molar-refractivity contribution in [3.63, 3.8) is 0 Å². The Bertz CT molecular complexity index is 834. The maximum Gasteiger partial charge on any atom is 0.269 e. The van der Waals surface area contributed by atoms with Gasteiger partial charge in [-0.15, -0.1) is 0 Å². The highest BCUT2D eigenvalue weighted by Crippen LogP contribution is 2.22. The van der Waals surface area contributed by atoms with Crippen LogP contribution in [0, 0.1) is 0 Å². The minimum absolute atomic E-state index is 0.0856. The molecule has 0 saturated heterocycles. The Balaban J connectivity index is 1.29. The van der Waals surface area contributed by atoms with Gasteiger partial charge in [0.2, 0.25) is 0 Å². The fourth-order valence-electron chi connectivity index (χ4n) is 3.14. The van der Waals surface area contributed by atoms with Crippen molar-refractivity contribution in [2.75, 3.05) is 0 Å². The summed E-state index contributed by atoms with van der Waals surface area (Å²) in [5, 5.41) is 8.99. The summed E-state index contributed by atoms with van der Waals surface area (Å²) in [6.07, 6.45) is 8.68. The highest BCUT2D eigenvalue weighted by molar-refractivity contribution is 5.92. The predicted octanol–water partition coefficient (Wildman–Crippen LogP) is 2.01. The molecule has 3 N–H and O–H groups in total. The van der Waals surface area contributed by atoms with Crippen LogP contribution in [0.1, 0.15) is 28.9 Å². The quantitative estimate of drug-likeness (QED) is 0.671. The number of nitrogens with one attached hydrogen (secondary N) is 3. The normalized spacial score (nSPS) is 19.8. The molecule has 0 aliphatic heterocycles. The van der Waals surface area contributed by atoms with Crippen LogP contribution in [0.15, 0.2) is 49.2 Å². The van der Waals surface area contributed by atoms with Gasteiger partial charge in [0.1, 0.15) is 5.69 Å². The lowest BCUT2D eigenvalue weighted by Crippen LogP contribution is -2.52. The molecule has 0 spiro atoms. The molecule has 0 unspecified atom stereocenters. The Morgan fingerprint density at radius 3 is 2.92 bits per heavy atom. The number of hydrogen-bond acceptors (Lipinski definition) is 4. The van der Waals surface area contributed by atoms with Crippen molar-refractivity contribution < 1.29 is 4.79 Å². The molecular weight excluding hydrogens is 302 g/mol. The third-order valence-electron chi connectivity index (χ3n) is 4.57. The van der Waals surface area contributed by atoms with Crippen molar-refractivity contribution in [1.29, 1.82) is 0 Å². The number of aromatic nitrogens is 3. The van der Waals surface area contributed by atoms with Crippen molar-refractivity contribution >= 4 is 16.7 Å². The van der Waals surface area contributed by atoms with Gasteiger partial charge in [-0.1, -0.05) is 18.2 Å². The third-order valence-corrected chi connectivity index (χ3v) is 4.57. The lowest BCUT2D eigenvalue weighted by molar-refractivity contribution is 0.0897. The molecule has 1 aliphatic rings. The van der Waals surface area contributed by atoms with Crippen LogP contribution in [0.3, 0.4) is 0 Å². The smallest absolute Gasteiger partial charge is 0.269 e. The van der Waals surface area contributed by atoms with Gasteiger partial charge in [0.25, 0.3) is 5.91 Å². The van der Waals surface area contributed by atoms with Crippen LogP contribution in [0.25, 0.3) is 10.8 Å². The molecule has 2 heterocycles. The molecule has 24 heavy (non-hydrogen) atoms. The number of carbonyl (C=O) groups excluding carboxylic acids is 1. The minimum atomic E-state index is -0.0856. The molecule has 1 fully saturated rings. The van der Waals surface area contributed by atoms with E-state index in [0.29, 0.717) is 11.7 Å². The first kappa shape index (κ1) is 14.8. The van der Waals surface area contributed by atoms with Gasteiger partial charge >= 0.3 is 0 Å². The van der Waals surface area contributed by atoms with Crippen LogP contribution in [0.5, 0.6) is 0 Å². The van der Waals surface area contributed by atoms with E-state index in [1.54, 1.807) is 6.20 Å². The lowest BCUT2D eigenvalue weighted by atomic mass is 9.86. The van der Waals surface area contributed by atoms with E-state index in [1.165, 1.54) is 17.3 Å². The first-order chi connectivity index (χ1) is 11.8. The molecule has 0 bridgehead atoms.